The molecule has 0 spiro atoms. The average Bonchev–Trinajstić information content (AvgIpc) is 2.78. The number of nitrogen functional groups attached to an aromatic ring is 1. The Morgan fingerprint density at radius 3 is 2.66 bits per heavy atom. The van der Waals surface area contributed by atoms with Gasteiger partial charge in [0.25, 0.3) is 0 Å². The van der Waals surface area contributed by atoms with Crippen LogP contribution in [0.1, 0.15) is 23.1 Å². The summed E-state index contributed by atoms with van der Waals surface area (Å²) in [5, 5.41) is 14.2. The van der Waals surface area contributed by atoms with E-state index in [1.807, 2.05) is 6.07 Å². The van der Waals surface area contributed by atoms with Crippen LogP contribution in [0.3, 0.4) is 0 Å². The van der Waals surface area contributed by atoms with Gasteiger partial charge in [0.05, 0.1) is 29.9 Å². The van der Waals surface area contributed by atoms with Crippen molar-refractivity contribution >= 4 is 29.2 Å². The standard InChI is InChI=1S/C20H20N6O6/c1-3-31-16-9-8-12(10-14(16)26(28)29)18(27)32-11-17-23-19(21)25-20(24-17)22-13-6-4-5-7-15(13)30-2/h4-10H,3,11H2,1-2H3,(H3,21,22,23,24,25). The van der Waals surface area contributed by atoms with Gasteiger partial charge in [-0.1, -0.05) is 12.1 Å². The number of methoxy groups -OCH3 is 1. The zero-order valence-corrected chi connectivity index (χ0v) is 17.3. The number of aromatic nitrogens is 3. The van der Waals surface area contributed by atoms with Gasteiger partial charge in [-0.2, -0.15) is 15.0 Å². The first-order valence-corrected chi connectivity index (χ1v) is 9.40. The van der Waals surface area contributed by atoms with Gasteiger partial charge in [0.2, 0.25) is 11.9 Å². The van der Waals surface area contributed by atoms with Crippen LogP contribution in [0.5, 0.6) is 11.5 Å². The molecule has 3 N–H and O–H groups in total. The summed E-state index contributed by atoms with van der Waals surface area (Å²) in [4.78, 5) is 35.1. The minimum atomic E-state index is -0.797. The van der Waals surface area contributed by atoms with Gasteiger partial charge in [0.15, 0.2) is 18.2 Å². The van der Waals surface area contributed by atoms with E-state index in [9.17, 15) is 14.9 Å². The van der Waals surface area contributed by atoms with E-state index in [0.717, 1.165) is 6.07 Å². The molecule has 12 nitrogen and oxygen atoms in total. The van der Waals surface area contributed by atoms with Crippen molar-refractivity contribution in [2.45, 2.75) is 13.5 Å². The molecule has 1 aromatic heterocycles. The van der Waals surface area contributed by atoms with Crippen molar-refractivity contribution in [1.29, 1.82) is 0 Å². The first kappa shape index (κ1) is 22.2. The lowest BCUT2D eigenvalue weighted by Crippen LogP contribution is -2.11. The topological polar surface area (TPSA) is 165 Å². The number of rotatable bonds is 9. The third-order valence-corrected chi connectivity index (χ3v) is 4.08. The number of nitro benzene ring substituents is 1. The molecule has 0 aliphatic carbocycles. The fourth-order valence-corrected chi connectivity index (χ4v) is 2.70. The second-order valence-corrected chi connectivity index (χ2v) is 6.21. The molecule has 0 radical (unpaired) electrons. The highest BCUT2D eigenvalue weighted by molar-refractivity contribution is 5.90. The Hall–Kier alpha value is -4.48. The van der Waals surface area contributed by atoms with Gasteiger partial charge in [-0.3, -0.25) is 10.1 Å². The van der Waals surface area contributed by atoms with E-state index in [1.54, 1.807) is 25.1 Å². The maximum absolute atomic E-state index is 12.4. The predicted octanol–water partition coefficient (Wildman–Crippen LogP) is 2.87. The van der Waals surface area contributed by atoms with Crippen LogP contribution in [0.15, 0.2) is 42.5 Å². The lowest BCUT2D eigenvalue weighted by atomic mass is 10.2. The van der Waals surface area contributed by atoms with Crippen LogP contribution in [-0.4, -0.2) is 39.6 Å². The van der Waals surface area contributed by atoms with Crippen LogP contribution in [0, 0.1) is 10.1 Å². The Labute approximate surface area is 182 Å². The van der Waals surface area contributed by atoms with E-state index in [-0.39, 0.29) is 47.9 Å². The molecular formula is C20H20N6O6. The van der Waals surface area contributed by atoms with Gasteiger partial charge < -0.3 is 25.3 Å². The van der Waals surface area contributed by atoms with Crippen molar-refractivity contribution in [2.24, 2.45) is 0 Å². The van der Waals surface area contributed by atoms with Crippen molar-refractivity contribution in [2.75, 3.05) is 24.8 Å². The average molecular weight is 440 g/mol. The number of esters is 1. The summed E-state index contributed by atoms with van der Waals surface area (Å²) in [6.07, 6.45) is 0. The Balaban J connectivity index is 1.73. The molecule has 3 aromatic rings. The van der Waals surface area contributed by atoms with Crippen LogP contribution >= 0.6 is 0 Å². The molecule has 0 unspecified atom stereocenters. The van der Waals surface area contributed by atoms with Crippen molar-refractivity contribution in [3.05, 3.63) is 64.0 Å². The molecule has 1 heterocycles. The normalized spacial score (nSPS) is 10.3. The summed E-state index contributed by atoms with van der Waals surface area (Å²) in [5.74, 6) is -0.0362. The molecular weight excluding hydrogens is 420 g/mol. The van der Waals surface area contributed by atoms with Crippen LogP contribution in [0.2, 0.25) is 0 Å². The molecule has 0 aliphatic heterocycles. The summed E-state index contributed by atoms with van der Waals surface area (Å²) < 4.78 is 15.7. The van der Waals surface area contributed by atoms with Crippen LogP contribution in [0.4, 0.5) is 23.3 Å². The van der Waals surface area contributed by atoms with E-state index >= 15 is 0 Å². The third-order valence-electron chi connectivity index (χ3n) is 4.08. The van der Waals surface area contributed by atoms with Crippen molar-refractivity contribution in [3.8, 4) is 11.5 Å². The van der Waals surface area contributed by atoms with Crippen LogP contribution < -0.4 is 20.5 Å². The van der Waals surface area contributed by atoms with Gasteiger partial charge in [0.1, 0.15) is 5.75 Å². The van der Waals surface area contributed by atoms with Crippen molar-refractivity contribution < 1.29 is 23.9 Å². The number of ether oxygens (including phenoxy) is 3. The molecule has 2 aromatic carbocycles. The smallest absolute Gasteiger partial charge is 0.338 e. The zero-order valence-electron chi connectivity index (χ0n) is 17.3. The fourth-order valence-electron chi connectivity index (χ4n) is 2.70. The Kier molecular flexibility index (Phi) is 6.95. The maximum atomic E-state index is 12.4. The third kappa shape index (κ3) is 5.36. The van der Waals surface area contributed by atoms with Crippen LogP contribution in [0.25, 0.3) is 0 Å². The SMILES string of the molecule is CCOc1ccc(C(=O)OCc2nc(N)nc(Nc3ccccc3OC)n2)cc1[N+](=O)[O-]. The summed E-state index contributed by atoms with van der Waals surface area (Å²) in [6.45, 7) is 1.62. The first-order chi connectivity index (χ1) is 15.4. The number of carbonyl (C=O) groups is 1. The number of nitrogens with zero attached hydrogens (tertiary/aromatic N) is 4. The number of carbonyl (C=O) groups excluding carboxylic acids is 1. The number of nitrogens with two attached hydrogens (primary N) is 1. The molecule has 3 rings (SSSR count). The number of hydrogen-bond donors (Lipinski definition) is 2. The maximum Gasteiger partial charge on any atom is 0.338 e. The molecule has 0 fully saturated rings. The monoisotopic (exact) mass is 440 g/mol. The summed E-state index contributed by atoms with van der Waals surface area (Å²) >= 11 is 0. The first-order valence-electron chi connectivity index (χ1n) is 9.40. The van der Waals surface area contributed by atoms with E-state index < -0.39 is 10.9 Å². The molecule has 0 saturated heterocycles. The highest BCUT2D eigenvalue weighted by Crippen LogP contribution is 2.28. The lowest BCUT2D eigenvalue weighted by molar-refractivity contribution is -0.385. The molecule has 166 valence electrons. The number of nitro groups is 1. The molecule has 0 saturated carbocycles. The molecule has 0 aliphatic rings. The minimum Gasteiger partial charge on any atom is -0.495 e. The van der Waals surface area contributed by atoms with Crippen LogP contribution in [-0.2, 0) is 11.3 Å². The number of benzene rings is 2. The summed E-state index contributed by atoms with van der Waals surface area (Å²) in [5.41, 5.74) is 5.98. The summed E-state index contributed by atoms with van der Waals surface area (Å²) in [6, 6.07) is 10.9. The highest BCUT2D eigenvalue weighted by Gasteiger charge is 2.20. The van der Waals surface area contributed by atoms with Gasteiger partial charge >= 0.3 is 11.7 Å². The van der Waals surface area contributed by atoms with Gasteiger partial charge in [0, 0.05) is 6.07 Å². The number of hydrogen-bond acceptors (Lipinski definition) is 11. The van der Waals surface area contributed by atoms with Crippen molar-refractivity contribution in [1.82, 2.24) is 15.0 Å². The van der Waals surface area contributed by atoms with E-state index in [0.29, 0.717) is 11.4 Å². The number of anilines is 3. The van der Waals surface area contributed by atoms with E-state index in [4.69, 9.17) is 19.9 Å². The van der Waals surface area contributed by atoms with Crippen molar-refractivity contribution in [3.63, 3.8) is 0 Å². The quantitative estimate of drug-likeness (QED) is 0.285. The second-order valence-electron chi connectivity index (χ2n) is 6.21. The minimum absolute atomic E-state index is 0.0189. The Morgan fingerprint density at radius 1 is 1.16 bits per heavy atom. The zero-order chi connectivity index (χ0) is 23.1. The second kappa shape index (κ2) is 10.0. The van der Waals surface area contributed by atoms with Gasteiger partial charge in [-0.15, -0.1) is 0 Å². The molecule has 0 amide bonds. The Morgan fingerprint density at radius 2 is 1.94 bits per heavy atom. The highest BCUT2D eigenvalue weighted by atomic mass is 16.6. The van der Waals surface area contributed by atoms with Gasteiger partial charge in [-0.25, -0.2) is 4.79 Å². The Bertz CT molecular complexity index is 1140. The molecule has 0 atom stereocenters. The largest absolute Gasteiger partial charge is 0.495 e. The predicted molar refractivity (Wildman–Crippen MR) is 114 cm³/mol. The molecule has 32 heavy (non-hydrogen) atoms. The molecule has 12 heteroatoms. The summed E-state index contributed by atoms with van der Waals surface area (Å²) in [7, 11) is 1.53. The molecule has 0 bridgehead atoms. The van der Waals surface area contributed by atoms with E-state index in [1.165, 1.54) is 19.2 Å². The van der Waals surface area contributed by atoms with E-state index in [2.05, 4.69) is 20.3 Å². The lowest BCUT2D eigenvalue weighted by Gasteiger charge is -2.11. The fraction of sp³-hybridized carbons (Fsp3) is 0.200. The number of para-hydroxylation sites is 2. The van der Waals surface area contributed by atoms with Gasteiger partial charge in [-0.05, 0) is 31.2 Å². The number of nitrogens with one attached hydrogen (secondary N) is 1.